The fraction of sp³-hybridized carbons (Fsp3) is 0.0769. The Bertz CT molecular complexity index is 1510. The van der Waals surface area contributed by atoms with Gasteiger partial charge in [-0.25, -0.2) is 8.78 Å². The molecular weight excluding hydrogens is 513 g/mol. The number of fused-ring (bicyclic) bond motifs is 1. The number of benzene rings is 3. The van der Waals surface area contributed by atoms with E-state index in [1.807, 2.05) is 35.0 Å². The predicted octanol–water partition coefficient (Wildman–Crippen LogP) is 7.51. The summed E-state index contributed by atoms with van der Waals surface area (Å²) in [6.45, 7) is 0.138. The summed E-state index contributed by atoms with van der Waals surface area (Å²) in [5, 5.41) is 0.838. The summed E-state index contributed by atoms with van der Waals surface area (Å²) < 4.78 is 29.6. The van der Waals surface area contributed by atoms with Gasteiger partial charge < -0.3 is 4.57 Å². The number of para-hydroxylation sites is 1. The van der Waals surface area contributed by atoms with Gasteiger partial charge in [0.05, 0.1) is 11.4 Å². The quantitative estimate of drug-likeness (QED) is 0.251. The Labute approximate surface area is 213 Å². The minimum Gasteiger partial charge on any atom is -0.342 e. The average molecular weight is 529 g/mol. The van der Waals surface area contributed by atoms with E-state index in [1.165, 1.54) is 30.3 Å². The molecule has 1 fully saturated rings. The first-order chi connectivity index (χ1) is 16.8. The van der Waals surface area contributed by atoms with Crippen molar-refractivity contribution in [3.8, 4) is 0 Å². The monoisotopic (exact) mass is 528 g/mol. The summed E-state index contributed by atoms with van der Waals surface area (Å²) in [4.78, 5) is 26.9. The lowest BCUT2D eigenvalue weighted by Gasteiger charge is -2.14. The topological polar surface area (TPSA) is 42.3 Å². The third-order valence-electron chi connectivity index (χ3n) is 5.71. The third kappa shape index (κ3) is 4.59. The van der Waals surface area contributed by atoms with Crippen LogP contribution in [0.4, 0.5) is 13.6 Å². The molecule has 176 valence electrons. The molecule has 1 aliphatic rings. The molecule has 1 aromatic heterocycles. The van der Waals surface area contributed by atoms with Gasteiger partial charge in [-0.2, -0.15) is 0 Å². The zero-order valence-corrected chi connectivity index (χ0v) is 20.3. The van der Waals surface area contributed by atoms with Crippen molar-refractivity contribution in [2.75, 3.05) is 0 Å². The number of rotatable bonds is 5. The van der Waals surface area contributed by atoms with Crippen LogP contribution in [0.3, 0.4) is 0 Å². The Kier molecular flexibility index (Phi) is 6.40. The van der Waals surface area contributed by atoms with Gasteiger partial charge in [0.15, 0.2) is 0 Å². The van der Waals surface area contributed by atoms with E-state index >= 15 is 0 Å². The van der Waals surface area contributed by atoms with E-state index in [9.17, 15) is 18.4 Å². The molecule has 0 spiro atoms. The lowest BCUT2D eigenvalue weighted by molar-refractivity contribution is -0.123. The van der Waals surface area contributed by atoms with Crippen molar-refractivity contribution in [2.45, 2.75) is 13.1 Å². The molecule has 2 heterocycles. The zero-order chi connectivity index (χ0) is 24.7. The molecule has 4 aromatic rings. The van der Waals surface area contributed by atoms with Gasteiger partial charge in [-0.05, 0) is 53.7 Å². The summed E-state index contributed by atoms with van der Waals surface area (Å²) >= 11 is 13.1. The Balaban J connectivity index is 1.48. The van der Waals surface area contributed by atoms with Crippen LogP contribution < -0.4 is 0 Å². The lowest BCUT2D eigenvalue weighted by atomic mass is 10.1. The Morgan fingerprint density at radius 2 is 1.71 bits per heavy atom. The molecule has 4 nitrogen and oxygen atoms in total. The van der Waals surface area contributed by atoms with E-state index in [-0.39, 0.29) is 22.0 Å². The van der Waals surface area contributed by atoms with E-state index in [2.05, 4.69) is 0 Å². The maximum Gasteiger partial charge on any atom is 0.293 e. The lowest BCUT2D eigenvalue weighted by Crippen LogP contribution is -2.28. The van der Waals surface area contributed by atoms with Gasteiger partial charge in [0.1, 0.15) is 11.6 Å². The fourth-order valence-electron chi connectivity index (χ4n) is 3.97. The largest absolute Gasteiger partial charge is 0.342 e. The minimum absolute atomic E-state index is 0.0884. The van der Waals surface area contributed by atoms with Crippen LogP contribution in [0.5, 0.6) is 0 Å². The van der Waals surface area contributed by atoms with Gasteiger partial charge in [0.25, 0.3) is 11.1 Å². The van der Waals surface area contributed by atoms with Crippen LogP contribution in [0.25, 0.3) is 17.0 Å². The first-order valence-electron chi connectivity index (χ1n) is 10.5. The van der Waals surface area contributed by atoms with Gasteiger partial charge in [-0.3, -0.25) is 14.5 Å². The van der Waals surface area contributed by atoms with Gasteiger partial charge >= 0.3 is 0 Å². The molecule has 1 aliphatic heterocycles. The standard InChI is InChI=1S/C26H16Cl2F2N2O2S/c27-20-5-3-6-22(30)19(20)14-32-25(33)24(35-26(32)34)10-16-13-31(23-7-2-1-4-18(16)23)12-15-8-9-17(29)11-21(15)28/h1-11,13H,12,14H2/b24-10-. The van der Waals surface area contributed by atoms with Crippen LogP contribution in [0.2, 0.25) is 10.0 Å². The molecule has 0 atom stereocenters. The van der Waals surface area contributed by atoms with Crippen molar-refractivity contribution in [3.05, 3.63) is 110 Å². The molecule has 0 unspecified atom stereocenters. The van der Waals surface area contributed by atoms with E-state index in [0.29, 0.717) is 11.6 Å². The molecule has 0 N–H and O–H groups in total. The Morgan fingerprint density at radius 1 is 0.914 bits per heavy atom. The van der Waals surface area contributed by atoms with E-state index in [0.717, 1.165) is 38.7 Å². The number of nitrogens with zero attached hydrogens (tertiary/aromatic N) is 2. The first-order valence-corrected chi connectivity index (χ1v) is 12.1. The smallest absolute Gasteiger partial charge is 0.293 e. The van der Waals surface area contributed by atoms with Crippen molar-refractivity contribution >= 4 is 63.1 Å². The number of thioether (sulfide) groups is 1. The number of carbonyl (C=O) groups excluding carboxylic acids is 2. The van der Waals surface area contributed by atoms with Crippen molar-refractivity contribution in [1.82, 2.24) is 9.47 Å². The minimum atomic E-state index is -0.581. The molecular formula is C26H16Cl2F2N2O2S. The average Bonchev–Trinajstić information content (AvgIpc) is 3.30. The number of halogens is 4. The van der Waals surface area contributed by atoms with Crippen molar-refractivity contribution in [3.63, 3.8) is 0 Å². The van der Waals surface area contributed by atoms with Crippen LogP contribution in [0, 0.1) is 11.6 Å². The summed E-state index contributed by atoms with van der Waals surface area (Å²) in [6.07, 6.45) is 3.50. The van der Waals surface area contributed by atoms with Gasteiger partial charge in [-0.1, -0.05) is 53.5 Å². The second kappa shape index (κ2) is 9.49. The fourth-order valence-corrected chi connectivity index (χ4v) is 5.25. The number of hydrogen-bond acceptors (Lipinski definition) is 3. The zero-order valence-electron chi connectivity index (χ0n) is 18.0. The molecule has 0 saturated carbocycles. The highest BCUT2D eigenvalue weighted by atomic mass is 35.5. The van der Waals surface area contributed by atoms with Gasteiger partial charge in [0.2, 0.25) is 0 Å². The molecule has 0 bridgehead atoms. The Morgan fingerprint density at radius 3 is 2.49 bits per heavy atom. The summed E-state index contributed by atoms with van der Waals surface area (Å²) in [7, 11) is 0. The van der Waals surface area contributed by atoms with E-state index in [4.69, 9.17) is 23.2 Å². The number of carbonyl (C=O) groups is 2. The maximum atomic E-state index is 14.2. The van der Waals surface area contributed by atoms with Gasteiger partial charge in [0, 0.05) is 44.8 Å². The SMILES string of the molecule is O=C1S/C(=C\c2cn(Cc3ccc(F)cc3Cl)c3ccccc23)C(=O)N1Cc1c(F)cccc1Cl. The Hall–Kier alpha value is -3.13. The normalized spacial score (nSPS) is 15.1. The maximum absolute atomic E-state index is 14.2. The molecule has 2 amide bonds. The summed E-state index contributed by atoms with van der Waals surface area (Å²) in [6, 6.07) is 16.1. The molecule has 5 rings (SSSR count). The number of amides is 2. The highest BCUT2D eigenvalue weighted by Gasteiger charge is 2.36. The summed E-state index contributed by atoms with van der Waals surface area (Å²) in [5.74, 6) is -1.51. The highest BCUT2D eigenvalue weighted by Crippen LogP contribution is 2.36. The number of aromatic nitrogens is 1. The van der Waals surface area contributed by atoms with Crippen LogP contribution >= 0.6 is 35.0 Å². The van der Waals surface area contributed by atoms with E-state index < -0.39 is 22.8 Å². The highest BCUT2D eigenvalue weighted by molar-refractivity contribution is 8.18. The number of imide groups is 1. The van der Waals surface area contributed by atoms with E-state index in [1.54, 1.807) is 12.1 Å². The van der Waals surface area contributed by atoms with Crippen LogP contribution in [-0.4, -0.2) is 20.6 Å². The molecule has 1 saturated heterocycles. The number of hydrogen-bond donors (Lipinski definition) is 0. The first kappa shape index (κ1) is 23.6. The van der Waals surface area contributed by atoms with Crippen molar-refractivity contribution in [1.29, 1.82) is 0 Å². The third-order valence-corrected chi connectivity index (χ3v) is 7.33. The molecule has 35 heavy (non-hydrogen) atoms. The predicted molar refractivity (Wildman–Crippen MR) is 135 cm³/mol. The second-order valence-corrected chi connectivity index (χ2v) is 9.74. The van der Waals surface area contributed by atoms with Gasteiger partial charge in [-0.15, -0.1) is 0 Å². The van der Waals surface area contributed by atoms with Crippen LogP contribution in [0.15, 0.2) is 71.8 Å². The molecule has 0 aliphatic carbocycles. The van der Waals surface area contributed by atoms with Crippen molar-refractivity contribution in [2.24, 2.45) is 0 Å². The second-order valence-electron chi connectivity index (χ2n) is 7.93. The van der Waals surface area contributed by atoms with Crippen LogP contribution in [-0.2, 0) is 17.9 Å². The molecule has 9 heteroatoms. The van der Waals surface area contributed by atoms with Crippen LogP contribution in [0.1, 0.15) is 16.7 Å². The summed E-state index contributed by atoms with van der Waals surface area (Å²) in [5.41, 5.74) is 2.44. The molecule has 3 aromatic carbocycles. The van der Waals surface area contributed by atoms with Crippen molar-refractivity contribution < 1.29 is 18.4 Å². The molecule has 0 radical (unpaired) electrons.